The number of aryl methyl sites for hydroxylation is 2. The first-order chi connectivity index (χ1) is 13.9. The predicted molar refractivity (Wildman–Crippen MR) is 108 cm³/mol. The average molecular weight is 393 g/mol. The van der Waals surface area contributed by atoms with E-state index in [2.05, 4.69) is 4.98 Å². The Kier molecular flexibility index (Phi) is 6.12. The maximum Gasteiger partial charge on any atom is 0.306 e. The van der Waals surface area contributed by atoms with E-state index in [1.165, 1.54) is 6.92 Å². The normalized spacial score (nSPS) is 10.7. The molecule has 0 aliphatic rings. The molecule has 3 aromatic rings. The highest BCUT2D eigenvalue weighted by Crippen LogP contribution is 2.22. The van der Waals surface area contributed by atoms with Crippen LogP contribution in [-0.2, 0) is 16.0 Å². The Hall–Kier alpha value is -3.41. The Morgan fingerprint density at radius 1 is 1.03 bits per heavy atom. The first-order valence-corrected chi connectivity index (χ1v) is 9.40. The zero-order valence-electron chi connectivity index (χ0n) is 16.7. The molecule has 29 heavy (non-hydrogen) atoms. The molecule has 0 amide bonds. The maximum absolute atomic E-state index is 12.4. The minimum Gasteiger partial charge on any atom is -0.461 e. The lowest BCUT2D eigenvalue weighted by Crippen LogP contribution is -2.15. The summed E-state index contributed by atoms with van der Waals surface area (Å²) < 4.78 is 10.9. The van der Waals surface area contributed by atoms with Gasteiger partial charge < -0.3 is 14.1 Å². The van der Waals surface area contributed by atoms with Crippen molar-refractivity contribution in [2.24, 2.45) is 0 Å². The zero-order valence-corrected chi connectivity index (χ0v) is 16.7. The summed E-state index contributed by atoms with van der Waals surface area (Å²) >= 11 is 0. The number of hydrogen-bond donors (Lipinski definition) is 1. The number of ketones is 2. The molecule has 0 atom stereocenters. The van der Waals surface area contributed by atoms with Gasteiger partial charge in [-0.15, -0.1) is 0 Å². The number of hydrogen-bond acceptors (Lipinski definition) is 5. The summed E-state index contributed by atoms with van der Waals surface area (Å²) in [5.74, 6) is 0.456. The number of furan rings is 1. The largest absolute Gasteiger partial charge is 0.461 e. The molecule has 1 aromatic carbocycles. The molecule has 2 aromatic heterocycles. The SMILES string of the molecule is CC(=O)c1c(C)[nH]c(C(=O)COC(=O)CCc2ccc(-c3ccccc3)o2)c1C. The molecular formula is C23H23NO5. The highest BCUT2D eigenvalue weighted by atomic mass is 16.5. The molecule has 1 N–H and O–H groups in total. The first-order valence-electron chi connectivity index (χ1n) is 9.40. The van der Waals surface area contributed by atoms with Gasteiger partial charge in [0, 0.05) is 23.2 Å². The van der Waals surface area contributed by atoms with Gasteiger partial charge in [0.25, 0.3) is 0 Å². The van der Waals surface area contributed by atoms with Gasteiger partial charge in [-0.25, -0.2) is 0 Å². The van der Waals surface area contributed by atoms with Gasteiger partial charge in [0.15, 0.2) is 12.4 Å². The van der Waals surface area contributed by atoms with Crippen molar-refractivity contribution in [3.05, 3.63) is 70.7 Å². The van der Waals surface area contributed by atoms with Gasteiger partial charge in [-0.2, -0.15) is 0 Å². The van der Waals surface area contributed by atoms with Gasteiger partial charge in [0.05, 0.1) is 12.1 Å². The fourth-order valence-electron chi connectivity index (χ4n) is 3.34. The van der Waals surface area contributed by atoms with Crippen LogP contribution in [0, 0.1) is 13.8 Å². The van der Waals surface area contributed by atoms with Crippen molar-refractivity contribution in [2.45, 2.75) is 33.6 Å². The van der Waals surface area contributed by atoms with Crippen LogP contribution >= 0.6 is 0 Å². The Labute approximate surface area is 168 Å². The molecular weight excluding hydrogens is 370 g/mol. The number of ether oxygens (including phenoxy) is 1. The lowest BCUT2D eigenvalue weighted by Gasteiger charge is -2.04. The van der Waals surface area contributed by atoms with Gasteiger partial charge in [0.2, 0.25) is 5.78 Å². The highest BCUT2D eigenvalue weighted by Gasteiger charge is 2.20. The molecule has 0 spiro atoms. The van der Waals surface area contributed by atoms with Crippen LogP contribution in [0.2, 0.25) is 0 Å². The van der Waals surface area contributed by atoms with Crippen LogP contribution in [0.5, 0.6) is 0 Å². The number of aromatic nitrogens is 1. The van der Waals surface area contributed by atoms with Gasteiger partial charge in [0.1, 0.15) is 11.5 Å². The van der Waals surface area contributed by atoms with Crippen molar-refractivity contribution in [3.63, 3.8) is 0 Å². The lowest BCUT2D eigenvalue weighted by molar-refractivity contribution is -0.142. The smallest absolute Gasteiger partial charge is 0.306 e. The fraction of sp³-hybridized carbons (Fsp3) is 0.261. The van der Waals surface area contributed by atoms with E-state index in [1.54, 1.807) is 13.8 Å². The predicted octanol–water partition coefficient (Wildman–Crippen LogP) is 4.45. The zero-order chi connectivity index (χ0) is 21.0. The van der Waals surface area contributed by atoms with Crippen LogP contribution in [0.15, 0.2) is 46.9 Å². The van der Waals surface area contributed by atoms with E-state index in [1.807, 2.05) is 42.5 Å². The van der Waals surface area contributed by atoms with Gasteiger partial charge in [-0.05, 0) is 38.5 Å². The van der Waals surface area contributed by atoms with Crippen LogP contribution in [0.4, 0.5) is 0 Å². The quantitative estimate of drug-likeness (QED) is 0.451. The van der Waals surface area contributed by atoms with E-state index in [4.69, 9.17) is 9.15 Å². The summed E-state index contributed by atoms with van der Waals surface area (Å²) in [5, 5.41) is 0. The Bertz CT molecular complexity index is 1040. The molecule has 6 nitrogen and oxygen atoms in total. The third-order valence-corrected chi connectivity index (χ3v) is 4.73. The summed E-state index contributed by atoms with van der Waals surface area (Å²) in [6, 6.07) is 13.4. The van der Waals surface area contributed by atoms with Gasteiger partial charge in [-0.1, -0.05) is 30.3 Å². The number of benzene rings is 1. The van der Waals surface area contributed by atoms with Crippen LogP contribution in [0.3, 0.4) is 0 Å². The number of carbonyl (C=O) groups excluding carboxylic acids is 3. The van der Waals surface area contributed by atoms with Crippen LogP contribution in [0.25, 0.3) is 11.3 Å². The monoisotopic (exact) mass is 393 g/mol. The Balaban J connectivity index is 1.52. The summed E-state index contributed by atoms with van der Waals surface area (Å²) in [5.41, 5.74) is 3.00. The van der Waals surface area contributed by atoms with Crippen LogP contribution in [0.1, 0.15) is 51.2 Å². The second-order valence-electron chi connectivity index (χ2n) is 6.90. The van der Waals surface area contributed by atoms with Crippen LogP contribution in [-0.4, -0.2) is 29.1 Å². The first kappa shape index (κ1) is 20.3. The fourth-order valence-corrected chi connectivity index (χ4v) is 3.34. The molecule has 0 saturated heterocycles. The van der Waals surface area contributed by atoms with Crippen molar-refractivity contribution in [1.29, 1.82) is 0 Å². The minimum absolute atomic E-state index is 0.108. The van der Waals surface area contributed by atoms with E-state index >= 15 is 0 Å². The number of esters is 1. The molecule has 0 aliphatic carbocycles. The Morgan fingerprint density at radius 2 is 1.76 bits per heavy atom. The van der Waals surface area contributed by atoms with E-state index in [0.29, 0.717) is 34.7 Å². The second-order valence-corrected chi connectivity index (χ2v) is 6.90. The molecule has 3 rings (SSSR count). The summed E-state index contributed by atoms with van der Waals surface area (Å²) in [6.07, 6.45) is 0.492. The van der Waals surface area contributed by atoms with Gasteiger partial charge in [-0.3, -0.25) is 14.4 Å². The molecule has 150 valence electrons. The number of aromatic amines is 1. The van der Waals surface area contributed by atoms with Crippen molar-refractivity contribution < 1.29 is 23.5 Å². The number of nitrogens with one attached hydrogen (secondary N) is 1. The summed E-state index contributed by atoms with van der Waals surface area (Å²) in [4.78, 5) is 39.0. The summed E-state index contributed by atoms with van der Waals surface area (Å²) in [7, 11) is 0. The molecule has 6 heteroatoms. The van der Waals surface area contributed by atoms with E-state index in [0.717, 1.165) is 11.3 Å². The highest BCUT2D eigenvalue weighted by molar-refractivity contribution is 6.04. The van der Waals surface area contributed by atoms with Crippen molar-refractivity contribution >= 4 is 17.5 Å². The van der Waals surface area contributed by atoms with Gasteiger partial charge >= 0.3 is 5.97 Å². The third kappa shape index (κ3) is 4.71. The number of H-pyrrole nitrogens is 1. The van der Waals surface area contributed by atoms with Crippen molar-refractivity contribution in [2.75, 3.05) is 6.61 Å². The lowest BCUT2D eigenvalue weighted by atomic mass is 10.1. The molecule has 0 radical (unpaired) electrons. The molecule has 0 saturated carbocycles. The summed E-state index contributed by atoms with van der Waals surface area (Å²) in [6.45, 7) is 4.52. The van der Waals surface area contributed by atoms with E-state index in [-0.39, 0.29) is 24.6 Å². The number of rotatable bonds is 8. The third-order valence-electron chi connectivity index (χ3n) is 4.73. The van der Waals surface area contributed by atoms with Crippen molar-refractivity contribution in [1.82, 2.24) is 4.98 Å². The molecule has 0 aliphatic heterocycles. The molecule has 0 fully saturated rings. The second kappa shape index (κ2) is 8.73. The van der Waals surface area contributed by atoms with E-state index in [9.17, 15) is 14.4 Å². The molecule has 0 unspecified atom stereocenters. The van der Waals surface area contributed by atoms with Crippen LogP contribution < -0.4 is 0 Å². The molecule has 2 heterocycles. The number of carbonyl (C=O) groups is 3. The Morgan fingerprint density at radius 3 is 2.41 bits per heavy atom. The number of Topliss-reactive ketones (excluding diaryl/α,β-unsaturated/α-hetero) is 2. The standard InChI is InChI=1S/C23H23NO5/c1-14-22(16(3)25)15(2)24-23(14)19(26)13-28-21(27)12-10-18-9-11-20(29-18)17-7-5-4-6-8-17/h4-9,11,24H,10,12-13H2,1-3H3. The van der Waals surface area contributed by atoms with E-state index < -0.39 is 5.97 Å². The molecule has 0 bridgehead atoms. The topological polar surface area (TPSA) is 89.4 Å². The average Bonchev–Trinajstić information content (AvgIpc) is 3.29. The van der Waals surface area contributed by atoms with Crippen molar-refractivity contribution in [3.8, 4) is 11.3 Å². The minimum atomic E-state index is -0.483. The maximum atomic E-state index is 12.4.